The van der Waals surface area contributed by atoms with E-state index in [1.165, 1.54) is 12.1 Å². The number of esters is 1. The quantitative estimate of drug-likeness (QED) is 0.522. The summed E-state index contributed by atoms with van der Waals surface area (Å²) in [5, 5.41) is 0. The Labute approximate surface area is 165 Å². The number of hydrogen-bond donors (Lipinski definition) is 0. The molecule has 0 amide bonds. The molecule has 0 bridgehead atoms. The second-order valence-corrected chi connectivity index (χ2v) is 9.33. The van der Waals surface area contributed by atoms with Gasteiger partial charge in [-0.2, -0.15) is 0 Å². The molecular weight excluding hydrogens is 376 g/mol. The van der Waals surface area contributed by atoms with Crippen LogP contribution in [0.5, 0.6) is 0 Å². The van der Waals surface area contributed by atoms with Gasteiger partial charge in [-0.25, -0.2) is 8.42 Å². The number of ether oxygens (including phenoxy) is 1. The summed E-state index contributed by atoms with van der Waals surface area (Å²) < 4.78 is 30.0. The van der Waals surface area contributed by atoms with Crippen LogP contribution in [0.15, 0.2) is 59.5 Å². The van der Waals surface area contributed by atoms with Crippen LogP contribution in [0.2, 0.25) is 0 Å². The molecule has 6 heteroatoms. The minimum Gasteiger partial charge on any atom is -0.456 e. The van der Waals surface area contributed by atoms with Crippen LogP contribution in [0, 0.1) is 0 Å². The van der Waals surface area contributed by atoms with E-state index in [0.29, 0.717) is 18.4 Å². The van der Waals surface area contributed by atoms with E-state index in [1.54, 1.807) is 30.3 Å². The Balaban J connectivity index is 1.77. The van der Waals surface area contributed by atoms with Gasteiger partial charge in [0.05, 0.1) is 4.90 Å². The molecule has 1 saturated carbocycles. The zero-order valence-electron chi connectivity index (χ0n) is 15.9. The Bertz CT molecular complexity index is 940. The van der Waals surface area contributed by atoms with Crippen LogP contribution in [0.1, 0.15) is 48.5 Å². The van der Waals surface area contributed by atoms with Gasteiger partial charge in [-0.05, 0) is 37.0 Å². The number of rotatable bonds is 7. The lowest BCUT2D eigenvalue weighted by Gasteiger charge is -2.26. The molecule has 1 aliphatic carbocycles. The van der Waals surface area contributed by atoms with Crippen LogP contribution in [0.4, 0.5) is 0 Å². The second kappa shape index (κ2) is 8.27. The Morgan fingerprint density at radius 2 is 1.57 bits per heavy atom. The fourth-order valence-electron chi connectivity index (χ4n) is 3.63. The standard InChI is InChI=1S/C22H24O5S/c1-2-17-10-12-18(13-11-17)20(23)16-27-21(24)22(14-6-7-15-22)28(25,26)19-8-4-3-5-9-19/h3-5,8-13H,2,6-7,14-16H2,1H3. The van der Waals surface area contributed by atoms with Crippen LogP contribution in [-0.4, -0.2) is 31.5 Å². The summed E-state index contributed by atoms with van der Waals surface area (Å²) >= 11 is 0. The van der Waals surface area contributed by atoms with Crippen molar-refractivity contribution in [3.63, 3.8) is 0 Å². The molecule has 0 spiro atoms. The molecule has 0 heterocycles. The maximum absolute atomic E-state index is 13.2. The van der Waals surface area contributed by atoms with Crippen molar-refractivity contribution in [1.82, 2.24) is 0 Å². The average molecular weight is 400 g/mol. The highest BCUT2D eigenvalue weighted by Crippen LogP contribution is 2.41. The second-order valence-electron chi connectivity index (χ2n) is 7.07. The van der Waals surface area contributed by atoms with E-state index in [4.69, 9.17) is 4.74 Å². The molecular formula is C22H24O5S. The molecule has 148 valence electrons. The first-order chi connectivity index (χ1) is 13.4. The number of benzene rings is 2. The topological polar surface area (TPSA) is 77.5 Å². The average Bonchev–Trinajstić information content (AvgIpc) is 3.24. The number of ketones is 1. The fraction of sp³-hybridized carbons (Fsp3) is 0.364. The molecule has 28 heavy (non-hydrogen) atoms. The van der Waals surface area contributed by atoms with E-state index in [0.717, 1.165) is 12.0 Å². The van der Waals surface area contributed by atoms with E-state index < -0.39 is 27.2 Å². The van der Waals surface area contributed by atoms with Gasteiger partial charge in [-0.3, -0.25) is 9.59 Å². The number of Topliss-reactive ketones (excluding diaryl/α,β-unsaturated/α-hetero) is 1. The lowest BCUT2D eigenvalue weighted by atomic mass is 10.1. The van der Waals surface area contributed by atoms with E-state index in [9.17, 15) is 18.0 Å². The molecule has 0 N–H and O–H groups in total. The predicted octanol–water partition coefficient (Wildman–Crippen LogP) is 3.76. The number of carbonyl (C=O) groups excluding carboxylic acids is 2. The summed E-state index contributed by atoms with van der Waals surface area (Å²) in [7, 11) is -3.91. The van der Waals surface area contributed by atoms with E-state index in [-0.39, 0.29) is 23.5 Å². The van der Waals surface area contributed by atoms with Crippen LogP contribution >= 0.6 is 0 Å². The summed E-state index contributed by atoms with van der Waals surface area (Å²) in [6, 6.07) is 15.1. The molecule has 0 unspecified atom stereocenters. The Hall–Kier alpha value is -2.47. The summed E-state index contributed by atoms with van der Waals surface area (Å²) in [5.41, 5.74) is 1.55. The van der Waals surface area contributed by atoms with E-state index >= 15 is 0 Å². The minimum absolute atomic E-state index is 0.107. The summed E-state index contributed by atoms with van der Waals surface area (Å²) in [6.45, 7) is 1.56. The van der Waals surface area contributed by atoms with Gasteiger partial charge in [0.1, 0.15) is 0 Å². The minimum atomic E-state index is -3.91. The lowest BCUT2D eigenvalue weighted by molar-refractivity contribution is -0.145. The van der Waals surface area contributed by atoms with Gasteiger partial charge in [0.2, 0.25) is 0 Å². The number of aryl methyl sites for hydroxylation is 1. The van der Waals surface area contributed by atoms with Gasteiger partial charge in [0.15, 0.2) is 27.0 Å². The smallest absolute Gasteiger partial charge is 0.328 e. The zero-order valence-corrected chi connectivity index (χ0v) is 16.7. The van der Waals surface area contributed by atoms with Crippen molar-refractivity contribution in [3.05, 3.63) is 65.7 Å². The van der Waals surface area contributed by atoms with Crippen LogP contribution in [-0.2, 0) is 25.8 Å². The Kier molecular flexibility index (Phi) is 5.98. The van der Waals surface area contributed by atoms with Crippen molar-refractivity contribution < 1.29 is 22.7 Å². The van der Waals surface area contributed by atoms with E-state index in [2.05, 4.69) is 0 Å². The molecule has 0 saturated heterocycles. The maximum atomic E-state index is 13.2. The zero-order chi connectivity index (χ0) is 20.2. The van der Waals surface area contributed by atoms with Crippen molar-refractivity contribution in [2.75, 3.05) is 6.61 Å². The SMILES string of the molecule is CCc1ccc(C(=O)COC(=O)C2(S(=O)(=O)c3ccccc3)CCCC2)cc1. The van der Waals surface area contributed by atoms with Crippen LogP contribution in [0.25, 0.3) is 0 Å². The first-order valence-electron chi connectivity index (χ1n) is 9.50. The van der Waals surface area contributed by atoms with Crippen molar-refractivity contribution >= 4 is 21.6 Å². The summed E-state index contributed by atoms with van der Waals surface area (Å²) in [6.07, 6.45) is 2.55. The molecule has 3 rings (SSSR count). The van der Waals surface area contributed by atoms with Gasteiger partial charge in [0.25, 0.3) is 0 Å². The molecule has 1 fully saturated rings. The van der Waals surface area contributed by atoms with Crippen molar-refractivity contribution in [3.8, 4) is 0 Å². The summed E-state index contributed by atoms with van der Waals surface area (Å²) in [4.78, 5) is 25.3. The molecule has 0 aromatic heterocycles. The maximum Gasteiger partial charge on any atom is 0.328 e. The van der Waals surface area contributed by atoms with Crippen molar-refractivity contribution in [2.24, 2.45) is 0 Å². The third kappa shape index (κ3) is 3.74. The normalized spacial score (nSPS) is 15.9. The van der Waals surface area contributed by atoms with Crippen molar-refractivity contribution in [1.29, 1.82) is 0 Å². The van der Waals surface area contributed by atoms with Gasteiger partial charge < -0.3 is 4.74 Å². The highest BCUT2D eigenvalue weighted by atomic mass is 32.2. The van der Waals surface area contributed by atoms with Gasteiger partial charge in [-0.1, -0.05) is 62.2 Å². The van der Waals surface area contributed by atoms with Gasteiger partial charge >= 0.3 is 5.97 Å². The first kappa shape index (κ1) is 20.3. The molecule has 1 aliphatic rings. The molecule has 2 aromatic rings. The van der Waals surface area contributed by atoms with E-state index in [1.807, 2.05) is 19.1 Å². The lowest BCUT2D eigenvalue weighted by Crippen LogP contribution is -2.45. The Morgan fingerprint density at radius 3 is 2.14 bits per heavy atom. The summed E-state index contributed by atoms with van der Waals surface area (Å²) in [5.74, 6) is -1.17. The molecule has 0 radical (unpaired) electrons. The highest BCUT2D eigenvalue weighted by molar-refractivity contribution is 7.93. The van der Waals surface area contributed by atoms with Gasteiger partial charge in [-0.15, -0.1) is 0 Å². The van der Waals surface area contributed by atoms with Crippen molar-refractivity contribution in [2.45, 2.75) is 48.7 Å². The van der Waals surface area contributed by atoms with Gasteiger partial charge in [0, 0.05) is 5.56 Å². The fourth-order valence-corrected chi connectivity index (χ4v) is 5.70. The molecule has 5 nitrogen and oxygen atoms in total. The largest absolute Gasteiger partial charge is 0.456 e. The predicted molar refractivity (Wildman–Crippen MR) is 106 cm³/mol. The molecule has 2 aromatic carbocycles. The highest BCUT2D eigenvalue weighted by Gasteiger charge is 2.54. The van der Waals surface area contributed by atoms with Crippen LogP contribution in [0.3, 0.4) is 0 Å². The molecule has 0 atom stereocenters. The first-order valence-corrected chi connectivity index (χ1v) is 11.0. The monoisotopic (exact) mass is 400 g/mol. The van der Waals surface area contributed by atoms with Crippen LogP contribution < -0.4 is 0 Å². The third-order valence-corrected chi connectivity index (χ3v) is 7.87. The number of sulfone groups is 1. The number of carbonyl (C=O) groups is 2. The third-order valence-electron chi connectivity index (χ3n) is 5.37. The Morgan fingerprint density at radius 1 is 0.964 bits per heavy atom. The molecule has 0 aliphatic heterocycles. The number of hydrogen-bond acceptors (Lipinski definition) is 5.